The van der Waals surface area contributed by atoms with E-state index in [4.69, 9.17) is 11.5 Å². The number of aromatic hydroxyl groups is 1. The van der Waals surface area contributed by atoms with Gasteiger partial charge in [-0.1, -0.05) is 12.1 Å². The number of aryl methyl sites for hydroxylation is 1. The van der Waals surface area contributed by atoms with Crippen LogP contribution in [0.5, 0.6) is 5.75 Å². The quantitative estimate of drug-likeness (QED) is 0.234. The summed E-state index contributed by atoms with van der Waals surface area (Å²) in [6, 6.07) is 17.2. The molecule has 27 heavy (non-hydrogen) atoms. The van der Waals surface area contributed by atoms with Gasteiger partial charge in [0.25, 0.3) is 5.91 Å². The Bertz CT molecular complexity index is 971. The highest BCUT2D eigenvalue weighted by atomic mass is 16.3. The molecule has 0 aliphatic heterocycles. The number of hydrazine groups is 1. The number of phenols is 1. The summed E-state index contributed by atoms with van der Waals surface area (Å²) in [5, 5.41) is 12.4. The molecule has 0 bridgehead atoms. The van der Waals surface area contributed by atoms with Crippen LogP contribution in [0.1, 0.15) is 15.9 Å². The van der Waals surface area contributed by atoms with Gasteiger partial charge in [0.1, 0.15) is 5.75 Å². The minimum atomic E-state index is -0.245. The molecule has 8 N–H and O–H groups in total. The normalized spacial score (nSPS) is 10.3. The Morgan fingerprint density at radius 2 is 1.59 bits per heavy atom. The number of carbonyl (C=O) groups is 1. The van der Waals surface area contributed by atoms with Crippen molar-refractivity contribution in [2.75, 3.05) is 27.6 Å². The summed E-state index contributed by atoms with van der Waals surface area (Å²) in [7, 11) is 0. The highest BCUT2D eigenvalue weighted by Gasteiger charge is 2.08. The van der Waals surface area contributed by atoms with Crippen LogP contribution < -0.4 is 27.6 Å². The monoisotopic (exact) mass is 363 g/mol. The summed E-state index contributed by atoms with van der Waals surface area (Å²) in [6.45, 7) is 1.78. The standard InChI is InChI=1S/C20H21N5O2/c1-12-10-18(16(22)11-19(12)26)25-24-14-8-6-13(7-9-14)20(27)23-17-5-3-2-4-15(17)21/h2-11,24-26H,21-22H2,1H3,(H,23,27). The fourth-order valence-corrected chi connectivity index (χ4v) is 2.47. The molecule has 0 unspecified atom stereocenters. The average molecular weight is 363 g/mol. The molecule has 0 atom stereocenters. The van der Waals surface area contributed by atoms with Crippen LogP contribution in [0.2, 0.25) is 0 Å². The van der Waals surface area contributed by atoms with E-state index in [1.54, 1.807) is 61.5 Å². The molecule has 0 saturated carbocycles. The van der Waals surface area contributed by atoms with E-state index < -0.39 is 0 Å². The van der Waals surface area contributed by atoms with E-state index in [-0.39, 0.29) is 11.7 Å². The van der Waals surface area contributed by atoms with Crippen LogP contribution in [0.25, 0.3) is 0 Å². The number of phenolic OH excluding ortho intramolecular Hbond substituents is 1. The van der Waals surface area contributed by atoms with Gasteiger partial charge in [-0.15, -0.1) is 0 Å². The van der Waals surface area contributed by atoms with Gasteiger partial charge in [0.15, 0.2) is 0 Å². The van der Waals surface area contributed by atoms with Gasteiger partial charge in [-0.3, -0.25) is 10.2 Å². The zero-order chi connectivity index (χ0) is 19.4. The summed E-state index contributed by atoms with van der Waals surface area (Å²) in [5.74, 6) is -0.0988. The first-order valence-electron chi connectivity index (χ1n) is 8.31. The molecule has 1 amide bonds. The molecule has 138 valence electrons. The fourth-order valence-electron chi connectivity index (χ4n) is 2.47. The van der Waals surface area contributed by atoms with Gasteiger partial charge < -0.3 is 27.3 Å². The number of hydrogen-bond donors (Lipinski definition) is 6. The highest BCUT2D eigenvalue weighted by Crippen LogP contribution is 2.27. The summed E-state index contributed by atoms with van der Waals surface area (Å²) in [4.78, 5) is 12.3. The van der Waals surface area contributed by atoms with Gasteiger partial charge in [-0.25, -0.2) is 0 Å². The van der Waals surface area contributed by atoms with E-state index in [1.807, 2.05) is 0 Å². The number of para-hydroxylation sites is 2. The molecule has 3 aromatic rings. The Kier molecular flexibility index (Phi) is 5.03. The number of amides is 1. The van der Waals surface area contributed by atoms with Crippen molar-refractivity contribution in [2.45, 2.75) is 6.92 Å². The largest absolute Gasteiger partial charge is 0.508 e. The highest BCUT2D eigenvalue weighted by molar-refractivity contribution is 6.05. The molecular weight excluding hydrogens is 342 g/mol. The van der Waals surface area contributed by atoms with Crippen molar-refractivity contribution in [1.29, 1.82) is 0 Å². The van der Waals surface area contributed by atoms with Gasteiger partial charge in [0.05, 0.1) is 28.4 Å². The van der Waals surface area contributed by atoms with Gasteiger partial charge in [-0.05, 0) is 55.0 Å². The van der Waals surface area contributed by atoms with Crippen molar-refractivity contribution in [2.24, 2.45) is 0 Å². The van der Waals surface area contributed by atoms with E-state index in [0.29, 0.717) is 33.9 Å². The lowest BCUT2D eigenvalue weighted by Crippen LogP contribution is -2.14. The summed E-state index contributed by atoms with van der Waals surface area (Å²) < 4.78 is 0. The van der Waals surface area contributed by atoms with Crippen LogP contribution in [-0.2, 0) is 0 Å². The first-order chi connectivity index (χ1) is 12.9. The first-order valence-corrected chi connectivity index (χ1v) is 8.31. The van der Waals surface area contributed by atoms with Crippen molar-refractivity contribution in [3.05, 3.63) is 71.8 Å². The third-order valence-electron chi connectivity index (χ3n) is 4.07. The van der Waals surface area contributed by atoms with Crippen LogP contribution in [0.15, 0.2) is 60.7 Å². The molecule has 0 radical (unpaired) electrons. The Morgan fingerprint density at radius 3 is 2.30 bits per heavy atom. The molecule has 0 aliphatic carbocycles. The smallest absolute Gasteiger partial charge is 0.255 e. The molecule has 0 heterocycles. The third kappa shape index (κ3) is 4.21. The maximum Gasteiger partial charge on any atom is 0.255 e. The number of anilines is 5. The van der Waals surface area contributed by atoms with Gasteiger partial charge in [0.2, 0.25) is 0 Å². The van der Waals surface area contributed by atoms with Gasteiger partial charge >= 0.3 is 0 Å². The number of hydrogen-bond acceptors (Lipinski definition) is 6. The topological polar surface area (TPSA) is 125 Å². The van der Waals surface area contributed by atoms with Crippen molar-refractivity contribution in [3.8, 4) is 5.75 Å². The van der Waals surface area contributed by atoms with E-state index in [2.05, 4.69) is 16.2 Å². The molecule has 0 aromatic heterocycles. The minimum absolute atomic E-state index is 0.146. The first kappa shape index (κ1) is 17.9. The molecule has 3 aromatic carbocycles. The summed E-state index contributed by atoms with van der Waals surface area (Å²) in [6.07, 6.45) is 0. The van der Waals surface area contributed by atoms with Crippen molar-refractivity contribution >= 4 is 34.3 Å². The van der Waals surface area contributed by atoms with Crippen molar-refractivity contribution in [3.63, 3.8) is 0 Å². The molecular formula is C20H21N5O2. The summed E-state index contributed by atoms with van der Waals surface area (Å²) in [5.41, 5.74) is 21.8. The minimum Gasteiger partial charge on any atom is -0.508 e. The van der Waals surface area contributed by atoms with Crippen LogP contribution in [0.3, 0.4) is 0 Å². The molecule has 7 nitrogen and oxygen atoms in total. The molecule has 0 saturated heterocycles. The molecule has 0 fully saturated rings. The van der Waals surface area contributed by atoms with E-state index in [9.17, 15) is 9.90 Å². The van der Waals surface area contributed by atoms with Crippen LogP contribution >= 0.6 is 0 Å². The second-order valence-corrected chi connectivity index (χ2v) is 6.09. The van der Waals surface area contributed by atoms with E-state index in [1.165, 1.54) is 6.07 Å². The molecule has 7 heteroatoms. The maximum atomic E-state index is 12.3. The second-order valence-electron chi connectivity index (χ2n) is 6.09. The number of nitrogens with two attached hydrogens (primary N) is 2. The SMILES string of the molecule is Cc1cc(NNc2ccc(C(=O)Nc3ccccc3N)cc2)c(N)cc1O. The maximum absolute atomic E-state index is 12.3. The lowest BCUT2D eigenvalue weighted by atomic mass is 10.1. The number of nitrogen functional groups attached to an aromatic ring is 2. The Balaban J connectivity index is 1.64. The lowest BCUT2D eigenvalue weighted by molar-refractivity contribution is 0.102. The van der Waals surface area contributed by atoms with Crippen LogP contribution in [0.4, 0.5) is 28.4 Å². The zero-order valence-electron chi connectivity index (χ0n) is 14.8. The fraction of sp³-hybridized carbons (Fsp3) is 0.0500. The van der Waals surface area contributed by atoms with E-state index in [0.717, 1.165) is 5.69 Å². The zero-order valence-corrected chi connectivity index (χ0v) is 14.8. The van der Waals surface area contributed by atoms with Crippen LogP contribution in [0, 0.1) is 6.92 Å². The Hall–Kier alpha value is -3.87. The predicted octanol–water partition coefficient (Wildman–Crippen LogP) is 3.56. The van der Waals surface area contributed by atoms with Gasteiger partial charge in [0, 0.05) is 11.6 Å². The van der Waals surface area contributed by atoms with Crippen LogP contribution in [-0.4, -0.2) is 11.0 Å². The van der Waals surface area contributed by atoms with E-state index >= 15 is 0 Å². The molecule has 3 rings (SSSR count). The number of carbonyl (C=O) groups excluding carboxylic acids is 1. The molecule has 0 spiro atoms. The average Bonchev–Trinajstić information content (AvgIpc) is 2.66. The lowest BCUT2D eigenvalue weighted by Gasteiger charge is -2.14. The Morgan fingerprint density at radius 1 is 0.889 bits per heavy atom. The van der Waals surface area contributed by atoms with Crippen molar-refractivity contribution < 1.29 is 9.90 Å². The second kappa shape index (κ2) is 7.57. The number of rotatable bonds is 5. The van der Waals surface area contributed by atoms with Gasteiger partial charge in [-0.2, -0.15) is 0 Å². The number of benzene rings is 3. The number of nitrogens with one attached hydrogen (secondary N) is 3. The van der Waals surface area contributed by atoms with Crippen molar-refractivity contribution in [1.82, 2.24) is 0 Å². The summed E-state index contributed by atoms with van der Waals surface area (Å²) >= 11 is 0. The third-order valence-corrected chi connectivity index (χ3v) is 4.07. The Labute approximate surface area is 157 Å². The molecule has 0 aliphatic rings. The predicted molar refractivity (Wildman–Crippen MR) is 110 cm³/mol.